The van der Waals surface area contributed by atoms with Gasteiger partial charge in [0, 0.05) is 0 Å². The van der Waals surface area contributed by atoms with Gasteiger partial charge in [-0.05, 0) is 20.8 Å². The Morgan fingerprint density at radius 1 is 0.531 bits per heavy atom. The maximum absolute atomic E-state index is 14.3. The molecule has 192 valence electrons. The summed E-state index contributed by atoms with van der Waals surface area (Å²) in [5, 5.41) is 0. The van der Waals surface area contributed by atoms with Crippen molar-refractivity contribution in [3.63, 3.8) is 0 Å². The Morgan fingerprint density at radius 3 is 1.09 bits per heavy atom. The van der Waals surface area contributed by atoms with Crippen LogP contribution in [0.5, 0.6) is 0 Å². The first-order valence-electron chi connectivity index (χ1n) is 8.26. The van der Waals surface area contributed by atoms with E-state index in [0.29, 0.717) is 0 Å². The van der Waals surface area contributed by atoms with Crippen molar-refractivity contribution in [2.24, 2.45) is 4.99 Å². The molecule has 0 saturated heterocycles. The summed E-state index contributed by atoms with van der Waals surface area (Å²) in [5.74, 6) is -32.8. The normalized spacial score (nSPS) is 16.5. The van der Waals surface area contributed by atoms with Crippen LogP contribution in [-0.2, 0) is 0 Å². The summed E-state index contributed by atoms with van der Waals surface area (Å²) < 4.78 is 208. The molecule has 0 amide bonds. The monoisotopic (exact) mass is 515 g/mol. The average Bonchev–Trinajstić information content (AvgIpc) is 2.60. The molecule has 0 rings (SSSR count). The minimum atomic E-state index is -7.65. The second-order valence-corrected chi connectivity index (χ2v) is 6.36. The van der Waals surface area contributed by atoms with E-state index in [2.05, 4.69) is 0 Å². The number of nitrogens with zero attached hydrogens (tertiary/aromatic N) is 2. The molecule has 18 heteroatoms. The molecule has 0 atom stereocenters. The SMILES string of the molecule is CC[N+](CC)(CC)/C(=N/C(F)(F)C(F)(F)C(F)(F)C(F)(F)F)C(F)(F)C(F)(F)C(F)(F)F. The first kappa shape index (κ1) is 30.5. The smallest absolute Gasteiger partial charge is 0.274 e. The highest BCUT2D eigenvalue weighted by atomic mass is 19.4. The van der Waals surface area contributed by atoms with E-state index in [0.717, 1.165) is 25.8 Å². The van der Waals surface area contributed by atoms with Crippen LogP contribution in [0.25, 0.3) is 0 Å². The number of halogens is 16. The van der Waals surface area contributed by atoms with Crippen molar-refractivity contribution in [3.05, 3.63) is 0 Å². The zero-order valence-electron chi connectivity index (χ0n) is 16.1. The first-order valence-corrected chi connectivity index (χ1v) is 8.26. The molecule has 0 N–H and O–H groups in total. The molecule has 0 saturated carbocycles. The van der Waals surface area contributed by atoms with Crippen molar-refractivity contribution >= 4 is 5.84 Å². The summed E-state index contributed by atoms with van der Waals surface area (Å²) >= 11 is 0. The lowest BCUT2D eigenvalue weighted by atomic mass is 10.1. The minimum Gasteiger partial charge on any atom is -0.274 e. The average molecular weight is 515 g/mol. The number of aliphatic imine (C=N–C) groups is 1. The number of alkyl halides is 16. The maximum Gasteiger partial charge on any atom is 0.460 e. The second-order valence-electron chi connectivity index (χ2n) is 6.36. The molecule has 0 radical (unpaired) electrons. The van der Waals surface area contributed by atoms with E-state index < -0.39 is 72.0 Å². The Kier molecular flexibility index (Phi) is 7.99. The van der Waals surface area contributed by atoms with Crippen molar-refractivity contribution < 1.29 is 74.7 Å². The van der Waals surface area contributed by atoms with E-state index in [1.54, 1.807) is 0 Å². The fourth-order valence-corrected chi connectivity index (χ4v) is 2.48. The molecule has 0 heterocycles. The molecule has 32 heavy (non-hydrogen) atoms. The summed E-state index contributed by atoms with van der Waals surface area (Å²) in [4.78, 5) is 1.09. The molecule has 0 aliphatic carbocycles. The summed E-state index contributed by atoms with van der Waals surface area (Å²) in [5.41, 5.74) is 0. The van der Waals surface area contributed by atoms with Gasteiger partial charge in [0.1, 0.15) is 0 Å². The van der Waals surface area contributed by atoms with E-state index >= 15 is 0 Å². The van der Waals surface area contributed by atoms with Crippen molar-refractivity contribution in [2.75, 3.05) is 19.6 Å². The van der Waals surface area contributed by atoms with Crippen molar-refractivity contribution in [1.29, 1.82) is 0 Å². The predicted octanol–water partition coefficient (Wildman–Crippen LogP) is 6.52. The Morgan fingerprint density at radius 2 is 0.844 bits per heavy atom. The summed E-state index contributed by atoms with van der Waals surface area (Å²) in [6.45, 7) is -1.09. The van der Waals surface area contributed by atoms with Gasteiger partial charge in [-0.2, -0.15) is 75.2 Å². The Balaban J connectivity index is 7.38. The van der Waals surface area contributed by atoms with Gasteiger partial charge in [0.25, 0.3) is 5.84 Å². The first-order chi connectivity index (χ1) is 13.8. The maximum atomic E-state index is 14.3. The van der Waals surface area contributed by atoms with Crippen LogP contribution >= 0.6 is 0 Å². The second kappa shape index (κ2) is 8.38. The van der Waals surface area contributed by atoms with Crippen LogP contribution in [0.1, 0.15) is 20.8 Å². The summed E-state index contributed by atoms with van der Waals surface area (Å²) in [6.07, 6.45) is -14.6. The standard InChI is InChI=1S/C14H15F16N2/c1-4-32(5-2,6-3)7(8(15,16)9(17,18)12(23,24)25)31-14(29,30)11(21,22)10(19,20)13(26,27)28/h4-6H2,1-3H3/q+1/b31-7+. The molecule has 0 aliphatic rings. The van der Waals surface area contributed by atoms with Gasteiger partial charge in [-0.3, -0.25) is 4.48 Å². The van der Waals surface area contributed by atoms with Gasteiger partial charge in [-0.25, -0.2) is 0 Å². The molecule has 0 fully saturated rings. The lowest BCUT2D eigenvalue weighted by molar-refractivity contribution is -0.842. The van der Waals surface area contributed by atoms with Crippen LogP contribution in [0.15, 0.2) is 4.99 Å². The van der Waals surface area contributed by atoms with Crippen molar-refractivity contribution in [3.8, 4) is 0 Å². The van der Waals surface area contributed by atoms with E-state index in [9.17, 15) is 70.2 Å². The van der Waals surface area contributed by atoms with E-state index in [1.807, 2.05) is 0 Å². The zero-order chi connectivity index (χ0) is 26.4. The molecule has 0 aromatic heterocycles. The highest BCUT2D eigenvalue weighted by molar-refractivity contribution is 5.85. The molecule has 0 spiro atoms. The van der Waals surface area contributed by atoms with Crippen LogP contribution in [-0.4, -0.2) is 72.0 Å². The van der Waals surface area contributed by atoms with Gasteiger partial charge >= 0.3 is 42.1 Å². The zero-order valence-corrected chi connectivity index (χ0v) is 16.1. The van der Waals surface area contributed by atoms with Crippen LogP contribution in [0, 0.1) is 0 Å². The van der Waals surface area contributed by atoms with Crippen LogP contribution in [0.4, 0.5) is 70.2 Å². The number of rotatable bonds is 8. The number of hydrogen-bond acceptors (Lipinski definition) is 1. The highest BCUT2D eigenvalue weighted by Crippen LogP contribution is 2.55. The van der Waals surface area contributed by atoms with Gasteiger partial charge < -0.3 is 0 Å². The van der Waals surface area contributed by atoms with E-state index in [4.69, 9.17) is 0 Å². The molecule has 0 unspecified atom stereocenters. The van der Waals surface area contributed by atoms with Crippen molar-refractivity contribution in [2.45, 2.75) is 62.9 Å². The Labute approximate surface area is 169 Å². The van der Waals surface area contributed by atoms with E-state index in [1.165, 1.54) is 0 Å². The van der Waals surface area contributed by atoms with Crippen LogP contribution in [0.3, 0.4) is 0 Å². The number of amidine groups is 1. The molecule has 0 aliphatic heterocycles. The molecule has 0 aromatic carbocycles. The summed E-state index contributed by atoms with van der Waals surface area (Å²) in [7, 11) is 0. The van der Waals surface area contributed by atoms with Crippen molar-refractivity contribution in [1.82, 2.24) is 0 Å². The molecule has 0 aromatic rings. The minimum absolute atomic E-state index is 0.727. The number of quaternary nitrogens is 1. The largest absolute Gasteiger partial charge is 0.460 e. The Bertz CT molecular complexity index is 676. The highest BCUT2D eigenvalue weighted by Gasteiger charge is 2.84. The third-order valence-electron chi connectivity index (χ3n) is 4.67. The molecule has 2 nitrogen and oxygen atoms in total. The third-order valence-corrected chi connectivity index (χ3v) is 4.67. The quantitative estimate of drug-likeness (QED) is 0.115. The van der Waals surface area contributed by atoms with E-state index in [-0.39, 0.29) is 0 Å². The van der Waals surface area contributed by atoms with Gasteiger partial charge in [-0.15, -0.1) is 0 Å². The van der Waals surface area contributed by atoms with Crippen LogP contribution in [0.2, 0.25) is 0 Å². The molecule has 0 bridgehead atoms. The fourth-order valence-electron chi connectivity index (χ4n) is 2.48. The topological polar surface area (TPSA) is 12.4 Å². The summed E-state index contributed by atoms with van der Waals surface area (Å²) in [6, 6.07) is -7.20. The van der Waals surface area contributed by atoms with Gasteiger partial charge in [-0.1, -0.05) is 0 Å². The Hall–Kier alpha value is -1.49. The fraction of sp³-hybridized carbons (Fsp3) is 0.929. The number of hydrogen-bond donors (Lipinski definition) is 0. The van der Waals surface area contributed by atoms with Crippen LogP contribution < -0.4 is 0 Å². The predicted molar refractivity (Wildman–Crippen MR) is 76.2 cm³/mol. The van der Waals surface area contributed by atoms with Gasteiger partial charge in [0.05, 0.1) is 19.6 Å². The third kappa shape index (κ3) is 4.47. The molecular weight excluding hydrogens is 500 g/mol. The van der Waals surface area contributed by atoms with Gasteiger partial charge in [0.2, 0.25) is 0 Å². The lowest BCUT2D eigenvalue weighted by Crippen LogP contribution is -2.68. The molecular formula is C14H15F16N2+. The lowest BCUT2D eigenvalue weighted by Gasteiger charge is -2.41. The van der Waals surface area contributed by atoms with Gasteiger partial charge in [0.15, 0.2) is 0 Å².